The van der Waals surface area contributed by atoms with Crippen LogP contribution in [-0.2, 0) is 0 Å². The fourth-order valence-electron chi connectivity index (χ4n) is 0.878. The van der Waals surface area contributed by atoms with Crippen molar-refractivity contribution in [3.05, 3.63) is 36.4 Å². The lowest BCUT2D eigenvalue weighted by Gasteiger charge is -2.02. The molecule has 0 unspecified atom stereocenters. The van der Waals surface area contributed by atoms with Crippen LogP contribution >= 0.6 is 0 Å². The molecule has 0 saturated carbocycles. The summed E-state index contributed by atoms with van der Waals surface area (Å²) in [6.07, 6.45) is 1.16. The summed E-state index contributed by atoms with van der Waals surface area (Å²) in [6.45, 7) is 3.32. The van der Waals surface area contributed by atoms with Gasteiger partial charge in [0.25, 0.3) is 0 Å². The third-order valence-corrected chi connectivity index (χ3v) is 1.53. The SMILES string of the molecule is C=CC(=O)c1cccc(O)c1N. The summed E-state index contributed by atoms with van der Waals surface area (Å²) in [4.78, 5) is 11.1. The molecule has 0 radical (unpaired) electrons. The van der Waals surface area contributed by atoms with E-state index in [1.165, 1.54) is 6.07 Å². The van der Waals surface area contributed by atoms with Gasteiger partial charge in [0.2, 0.25) is 0 Å². The Bertz CT molecular complexity index is 331. The maximum Gasteiger partial charge on any atom is 0.187 e. The van der Waals surface area contributed by atoms with E-state index in [1.54, 1.807) is 12.1 Å². The van der Waals surface area contributed by atoms with Crippen molar-refractivity contribution in [1.82, 2.24) is 0 Å². The van der Waals surface area contributed by atoms with Crippen molar-refractivity contribution in [3.63, 3.8) is 0 Å². The van der Waals surface area contributed by atoms with Gasteiger partial charge in [-0.15, -0.1) is 0 Å². The molecule has 0 fully saturated rings. The van der Waals surface area contributed by atoms with E-state index in [9.17, 15) is 4.79 Å². The van der Waals surface area contributed by atoms with Gasteiger partial charge in [-0.05, 0) is 18.2 Å². The normalized spacial score (nSPS) is 9.33. The zero-order valence-electron chi connectivity index (χ0n) is 6.45. The van der Waals surface area contributed by atoms with Crippen molar-refractivity contribution in [2.45, 2.75) is 0 Å². The van der Waals surface area contributed by atoms with Gasteiger partial charge in [0.1, 0.15) is 5.75 Å². The standard InChI is InChI=1S/C9H9NO2/c1-2-7(11)6-4-3-5-8(12)9(6)10/h2-5,12H,1,10H2. The van der Waals surface area contributed by atoms with Crippen LogP contribution in [-0.4, -0.2) is 10.9 Å². The van der Waals surface area contributed by atoms with E-state index in [0.717, 1.165) is 6.08 Å². The Morgan fingerprint density at radius 2 is 2.25 bits per heavy atom. The number of ketones is 1. The lowest BCUT2D eigenvalue weighted by Crippen LogP contribution is -2.00. The van der Waals surface area contributed by atoms with Crippen molar-refractivity contribution < 1.29 is 9.90 Å². The number of nitrogen functional groups attached to an aromatic ring is 1. The number of benzene rings is 1. The van der Waals surface area contributed by atoms with E-state index in [-0.39, 0.29) is 22.8 Å². The number of allylic oxidation sites excluding steroid dienone is 1. The summed E-state index contributed by atoms with van der Waals surface area (Å²) < 4.78 is 0. The highest BCUT2D eigenvalue weighted by Gasteiger charge is 2.07. The Hall–Kier alpha value is -1.77. The molecule has 12 heavy (non-hydrogen) atoms. The molecule has 0 spiro atoms. The molecule has 62 valence electrons. The average molecular weight is 163 g/mol. The molecule has 0 amide bonds. The molecular weight excluding hydrogens is 154 g/mol. The molecule has 0 heterocycles. The van der Waals surface area contributed by atoms with Crippen LogP contribution in [0.2, 0.25) is 0 Å². The van der Waals surface area contributed by atoms with E-state index < -0.39 is 0 Å². The predicted octanol–water partition coefficient (Wildman–Crippen LogP) is 1.34. The molecule has 0 aliphatic rings. The summed E-state index contributed by atoms with van der Waals surface area (Å²) in [5.74, 6) is -0.369. The van der Waals surface area contributed by atoms with E-state index >= 15 is 0 Å². The fourth-order valence-corrected chi connectivity index (χ4v) is 0.878. The number of phenolic OH excluding ortho intramolecular Hbond substituents is 1. The quantitative estimate of drug-likeness (QED) is 0.299. The van der Waals surface area contributed by atoms with Crippen LogP contribution in [0.25, 0.3) is 0 Å². The van der Waals surface area contributed by atoms with Crippen LogP contribution < -0.4 is 5.73 Å². The zero-order valence-corrected chi connectivity index (χ0v) is 6.45. The first-order valence-corrected chi connectivity index (χ1v) is 3.41. The number of anilines is 1. The fraction of sp³-hybridized carbons (Fsp3) is 0. The Kier molecular flexibility index (Phi) is 2.14. The van der Waals surface area contributed by atoms with Gasteiger partial charge in [-0.1, -0.05) is 12.6 Å². The lowest BCUT2D eigenvalue weighted by atomic mass is 10.1. The summed E-state index contributed by atoms with van der Waals surface area (Å²) >= 11 is 0. The molecule has 1 rings (SSSR count). The van der Waals surface area contributed by atoms with Gasteiger partial charge in [-0.25, -0.2) is 0 Å². The number of rotatable bonds is 2. The highest BCUT2D eigenvalue weighted by Crippen LogP contribution is 2.23. The van der Waals surface area contributed by atoms with Gasteiger partial charge in [0.05, 0.1) is 5.69 Å². The van der Waals surface area contributed by atoms with E-state index in [1.807, 2.05) is 0 Å². The van der Waals surface area contributed by atoms with E-state index in [4.69, 9.17) is 10.8 Å². The van der Waals surface area contributed by atoms with Gasteiger partial charge in [-0.3, -0.25) is 4.79 Å². The molecule has 0 aliphatic carbocycles. The van der Waals surface area contributed by atoms with E-state index in [0.29, 0.717) is 0 Å². The third kappa shape index (κ3) is 1.29. The maximum absolute atomic E-state index is 11.1. The van der Waals surface area contributed by atoms with Crippen LogP contribution in [0.3, 0.4) is 0 Å². The largest absolute Gasteiger partial charge is 0.506 e. The van der Waals surface area contributed by atoms with Gasteiger partial charge < -0.3 is 10.8 Å². The Labute approximate surface area is 70.1 Å². The van der Waals surface area contributed by atoms with E-state index in [2.05, 4.69) is 6.58 Å². The van der Waals surface area contributed by atoms with Gasteiger partial charge in [0, 0.05) is 5.56 Å². The number of phenols is 1. The molecule has 0 saturated heterocycles. The topological polar surface area (TPSA) is 63.3 Å². The summed E-state index contributed by atoms with van der Waals surface area (Å²) in [7, 11) is 0. The van der Waals surface area contributed by atoms with Crippen molar-refractivity contribution in [2.75, 3.05) is 5.73 Å². The molecular formula is C9H9NO2. The second-order valence-electron chi connectivity index (χ2n) is 2.31. The Morgan fingerprint density at radius 1 is 1.58 bits per heavy atom. The first-order chi connectivity index (χ1) is 5.66. The molecule has 1 aromatic rings. The van der Waals surface area contributed by atoms with Crippen molar-refractivity contribution in [1.29, 1.82) is 0 Å². The maximum atomic E-state index is 11.1. The lowest BCUT2D eigenvalue weighted by molar-refractivity contribution is 0.104. The number of para-hydroxylation sites is 1. The molecule has 0 aromatic heterocycles. The van der Waals surface area contributed by atoms with Crippen LogP contribution in [0.5, 0.6) is 5.75 Å². The van der Waals surface area contributed by atoms with Crippen molar-refractivity contribution >= 4 is 11.5 Å². The van der Waals surface area contributed by atoms with Crippen molar-refractivity contribution in [2.24, 2.45) is 0 Å². The third-order valence-electron chi connectivity index (χ3n) is 1.53. The first kappa shape index (κ1) is 8.33. The molecule has 3 nitrogen and oxygen atoms in total. The van der Waals surface area contributed by atoms with Crippen molar-refractivity contribution in [3.8, 4) is 5.75 Å². The Morgan fingerprint density at radius 3 is 2.83 bits per heavy atom. The van der Waals surface area contributed by atoms with Crippen LogP contribution in [0.1, 0.15) is 10.4 Å². The second kappa shape index (κ2) is 3.09. The average Bonchev–Trinajstić information content (AvgIpc) is 2.08. The highest BCUT2D eigenvalue weighted by molar-refractivity contribution is 6.08. The monoisotopic (exact) mass is 163 g/mol. The highest BCUT2D eigenvalue weighted by atomic mass is 16.3. The number of carbonyl (C=O) groups excluding carboxylic acids is 1. The minimum Gasteiger partial charge on any atom is -0.506 e. The smallest absolute Gasteiger partial charge is 0.187 e. The second-order valence-corrected chi connectivity index (χ2v) is 2.31. The van der Waals surface area contributed by atoms with Gasteiger partial charge in [0.15, 0.2) is 5.78 Å². The molecule has 0 aliphatic heterocycles. The van der Waals surface area contributed by atoms with Gasteiger partial charge >= 0.3 is 0 Å². The van der Waals surface area contributed by atoms with Gasteiger partial charge in [-0.2, -0.15) is 0 Å². The van der Waals surface area contributed by atoms with Crippen LogP contribution in [0.15, 0.2) is 30.9 Å². The van der Waals surface area contributed by atoms with Crippen LogP contribution in [0, 0.1) is 0 Å². The molecule has 0 atom stereocenters. The summed E-state index contributed by atoms with van der Waals surface area (Å²) in [5, 5.41) is 9.13. The number of hydrogen-bond donors (Lipinski definition) is 2. The molecule has 3 heteroatoms. The molecule has 3 N–H and O–H groups in total. The number of aromatic hydroxyl groups is 1. The summed E-state index contributed by atoms with van der Waals surface area (Å²) in [6, 6.07) is 4.52. The number of nitrogens with two attached hydrogens (primary N) is 1. The first-order valence-electron chi connectivity index (χ1n) is 3.41. The summed E-state index contributed by atoms with van der Waals surface area (Å²) in [5.41, 5.74) is 5.82. The predicted molar refractivity (Wildman–Crippen MR) is 47.0 cm³/mol. The molecule has 0 bridgehead atoms. The minimum absolute atomic E-state index is 0.0808. The molecule has 1 aromatic carbocycles. The Balaban J connectivity index is 3.25. The zero-order chi connectivity index (χ0) is 9.14. The number of hydrogen-bond acceptors (Lipinski definition) is 3. The van der Waals surface area contributed by atoms with Crippen LogP contribution in [0.4, 0.5) is 5.69 Å². The minimum atomic E-state index is -0.289. The number of carbonyl (C=O) groups is 1.